The second kappa shape index (κ2) is 9.05. The van der Waals surface area contributed by atoms with Crippen LogP contribution in [0.25, 0.3) is 0 Å². The summed E-state index contributed by atoms with van der Waals surface area (Å²) in [6.07, 6.45) is -0.0405. The molecule has 0 bridgehead atoms. The zero-order valence-electron chi connectivity index (χ0n) is 19.7. The fourth-order valence-electron chi connectivity index (χ4n) is 5.23. The number of hydrogen-bond acceptors (Lipinski definition) is 6. The van der Waals surface area contributed by atoms with Gasteiger partial charge in [0.25, 0.3) is 0 Å². The number of carbonyl (C=O) groups excluding carboxylic acids is 4. The Labute approximate surface area is 210 Å². The predicted molar refractivity (Wildman–Crippen MR) is 123 cm³/mol. The summed E-state index contributed by atoms with van der Waals surface area (Å²) in [5.74, 6) is -3.35. The van der Waals surface area contributed by atoms with Gasteiger partial charge in [0.1, 0.15) is 29.5 Å². The number of rotatable bonds is 6. The number of carboxylic acid groups (broad SMARTS) is 1. The van der Waals surface area contributed by atoms with Crippen molar-refractivity contribution in [3.05, 3.63) is 47.8 Å². The van der Waals surface area contributed by atoms with E-state index in [-0.39, 0.29) is 39.0 Å². The Bertz CT molecular complexity index is 1210. The van der Waals surface area contributed by atoms with Gasteiger partial charge in [-0.2, -0.15) is 0 Å². The molecule has 4 N–H and O–H groups in total. The van der Waals surface area contributed by atoms with Gasteiger partial charge >= 0.3 is 18.1 Å². The molecule has 2 saturated heterocycles. The highest BCUT2D eigenvalue weighted by molar-refractivity contribution is 5.97. The third kappa shape index (κ3) is 4.34. The fourth-order valence-corrected chi connectivity index (χ4v) is 5.23. The first-order valence-corrected chi connectivity index (χ1v) is 11.9. The molecule has 5 rings (SSSR count). The molecule has 1 aromatic carbocycles. The van der Waals surface area contributed by atoms with Crippen molar-refractivity contribution in [3.63, 3.8) is 0 Å². The van der Waals surface area contributed by atoms with E-state index in [9.17, 15) is 33.5 Å². The van der Waals surface area contributed by atoms with Gasteiger partial charge in [-0.25, -0.2) is 18.8 Å². The van der Waals surface area contributed by atoms with Gasteiger partial charge in [-0.05, 0) is 18.1 Å². The van der Waals surface area contributed by atoms with Crippen molar-refractivity contribution in [3.8, 4) is 0 Å². The minimum Gasteiger partial charge on any atom is -0.479 e. The molecule has 5 atom stereocenters. The van der Waals surface area contributed by atoms with E-state index in [1.807, 2.05) is 0 Å². The smallest absolute Gasteiger partial charge is 0.410 e. The Morgan fingerprint density at radius 1 is 1.27 bits per heavy atom. The van der Waals surface area contributed by atoms with Crippen molar-refractivity contribution < 1.29 is 38.2 Å². The molecule has 1 aromatic rings. The minimum absolute atomic E-state index is 0.0160. The maximum atomic E-state index is 14.1. The largest absolute Gasteiger partial charge is 0.479 e. The number of fused-ring (bicyclic) bond motifs is 1. The summed E-state index contributed by atoms with van der Waals surface area (Å²) in [4.78, 5) is 65.2. The van der Waals surface area contributed by atoms with Gasteiger partial charge in [0.2, 0.25) is 11.8 Å². The number of urea groups is 1. The van der Waals surface area contributed by atoms with Crippen molar-refractivity contribution in [1.82, 2.24) is 25.8 Å². The third-order valence-corrected chi connectivity index (χ3v) is 7.40. The third-order valence-electron chi connectivity index (χ3n) is 7.40. The van der Waals surface area contributed by atoms with E-state index in [0.717, 1.165) is 0 Å². The number of aliphatic carboxylic acids is 1. The summed E-state index contributed by atoms with van der Waals surface area (Å²) in [6.45, 7) is 3.68. The molecule has 0 unspecified atom stereocenters. The second-order valence-electron chi connectivity index (χ2n) is 9.70. The van der Waals surface area contributed by atoms with Gasteiger partial charge in [-0.3, -0.25) is 14.5 Å². The molecular formula is C24H26FN5O7. The average molecular weight is 515 g/mol. The van der Waals surface area contributed by atoms with Gasteiger partial charge in [0.05, 0.1) is 13.1 Å². The SMILES string of the molecule is C=C[C@@H]1C[C@]1(NC(=O)[C@@H]1C[C@@H](OC(=O)N2Cc3cccc(F)c3C2)CN1C(=O)[C@@H]1CNC(=O)N1)C(=O)O. The van der Waals surface area contributed by atoms with Crippen LogP contribution in [0, 0.1) is 11.7 Å². The van der Waals surface area contributed by atoms with Crippen LogP contribution in [-0.2, 0) is 32.2 Å². The van der Waals surface area contributed by atoms with Crippen LogP contribution >= 0.6 is 0 Å². The average Bonchev–Trinajstić information content (AvgIpc) is 3.23. The van der Waals surface area contributed by atoms with Crippen LogP contribution in [-0.4, -0.2) is 81.6 Å². The molecule has 0 spiro atoms. The predicted octanol–water partition coefficient (Wildman–Crippen LogP) is 0.0743. The summed E-state index contributed by atoms with van der Waals surface area (Å²) in [6, 6.07) is 2.01. The molecule has 0 aromatic heterocycles. The molecule has 196 valence electrons. The first-order valence-electron chi connectivity index (χ1n) is 11.9. The monoisotopic (exact) mass is 515 g/mol. The van der Waals surface area contributed by atoms with Crippen molar-refractivity contribution in [2.75, 3.05) is 13.1 Å². The highest BCUT2D eigenvalue weighted by Crippen LogP contribution is 2.45. The quantitative estimate of drug-likeness (QED) is 0.391. The minimum atomic E-state index is -1.50. The Balaban J connectivity index is 1.30. The lowest BCUT2D eigenvalue weighted by Crippen LogP contribution is -2.55. The lowest BCUT2D eigenvalue weighted by atomic mass is 10.1. The number of amides is 5. The van der Waals surface area contributed by atoms with E-state index in [2.05, 4.69) is 22.5 Å². The van der Waals surface area contributed by atoms with Crippen molar-refractivity contribution in [2.45, 2.75) is 49.7 Å². The topological polar surface area (TPSA) is 157 Å². The molecule has 3 aliphatic heterocycles. The first-order chi connectivity index (χ1) is 17.6. The number of nitrogens with zero attached hydrogens (tertiary/aromatic N) is 2. The molecule has 4 aliphatic rings. The van der Waals surface area contributed by atoms with Crippen molar-refractivity contribution in [2.24, 2.45) is 5.92 Å². The van der Waals surface area contributed by atoms with Crippen molar-refractivity contribution >= 4 is 29.9 Å². The molecular weight excluding hydrogens is 489 g/mol. The van der Waals surface area contributed by atoms with E-state index in [0.29, 0.717) is 11.1 Å². The van der Waals surface area contributed by atoms with E-state index < -0.39 is 65.4 Å². The van der Waals surface area contributed by atoms with Gasteiger partial charge in [0, 0.05) is 31.0 Å². The molecule has 3 fully saturated rings. The molecule has 37 heavy (non-hydrogen) atoms. The molecule has 0 radical (unpaired) electrons. The van der Waals surface area contributed by atoms with Crippen LogP contribution in [0.4, 0.5) is 14.0 Å². The molecule has 5 amide bonds. The first kappa shape index (κ1) is 24.5. The molecule has 1 saturated carbocycles. The number of carboxylic acids is 1. The Morgan fingerprint density at radius 2 is 2.05 bits per heavy atom. The highest BCUT2D eigenvalue weighted by atomic mass is 19.1. The number of nitrogens with one attached hydrogen (secondary N) is 3. The lowest BCUT2D eigenvalue weighted by Gasteiger charge is -2.27. The van der Waals surface area contributed by atoms with E-state index >= 15 is 0 Å². The normalized spacial score (nSPS) is 29.7. The molecule has 13 heteroatoms. The zero-order chi connectivity index (χ0) is 26.5. The van der Waals surface area contributed by atoms with Crippen LogP contribution in [0.2, 0.25) is 0 Å². The summed E-state index contributed by atoms with van der Waals surface area (Å²) < 4.78 is 19.7. The Hall–Kier alpha value is -4.16. The zero-order valence-corrected chi connectivity index (χ0v) is 19.7. The highest BCUT2D eigenvalue weighted by Gasteiger charge is 2.61. The number of benzene rings is 1. The van der Waals surface area contributed by atoms with E-state index in [1.54, 1.807) is 12.1 Å². The summed E-state index contributed by atoms with van der Waals surface area (Å²) in [5.41, 5.74) is -0.428. The maximum Gasteiger partial charge on any atom is 0.410 e. The van der Waals surface area contributed by atoms with Gasteiger partial charge < -0.3 is 30.7 Å². The second-order valence-corrected chi connectivity index (χ2v) is 9.70. The Morgan fingerprint density at radius 3 is 2.68 bits per heavy atom. The number of hydrogen-bond donors (Lipinski definition) is 4. The van der Waals surface area contributed by atoms with Crippen LogP contribution in [0.15, 0.2) is 30.9 Å². The summed E-state index contributed by atoms with van der Waals surface area (Å²) >= 11 is 0. The molecule has 12 nitrogen and oxygen atoms in total. The Kier molecular flexibility index (Phi) is 6.00. The summed E-state index contributed by atoms with van der Waals surface area (Å²) in [5, 5.41) is 17.1. The maximum absolute atomic E-state index is 14.1. The van der Waals surface area contributed by atoms with Gasteiger partial charge in [-0.15, -0.1) is 6.58 Å². The van der Waals surface area contributed by atoms with Crippen LogP contribution in [0.3, 0.4) is 0 Å². The van der Waals surface area contributed by atoms with Gasteiger partial charge in [-0.1, -0.05) is 18.2 Å². The number of ether oxygens (including phenoxy) is 1. The standard InChI is InChI=1S/C24H26FN5O7/c1-2-13-7-24(13,21(33)34)28-19(31)18-6-14(10-30(18)20(32)17-8-26-22(35)27-17)37-23(36)29-9-12-4-3-5-16(25)15(12)11-29/h2-5,13-14,17-18H,1,6-11H2,(H,28,31)(H,33,34)(H2,26,27,35)/t13-,14-,17+,18+,24-/m1/s1. The van der Waals surface area contributed by atoms with Crippen molar-refractivity contribution in [1.29, 1.82) is 0 Å². The number of likely N-dealkylation sites (tertiary alicyclic amines) is 1. The fraction of sp³-hybridized carbons (Fsp3) is 0.458. The van der Waals surface area contributed by atoms with E-state index in [4.69, 9.17) is 4.74 Å². The van der Waals surface area contributed by atoms with Crippen LogP contribution < -0.4 is 16.0 Å². The van der Waals surface area contributed by atoms with Crippen LogP contribution in [0.5, 0.6) is 0 Å². The summed E-state index contributed by atoms with van der Waals surface area (Å²) in [7, 11) is 0. The number of carbonyl (C=O) groups is 5. The molecule has 3 heterocycles. The molecule has 1 aliphatic carbocycles. The van der Waals surface area contributed by atoms with Gasteiger partial charge in [0.15, 0.2) is 0 Å². The van der Waals surface area contributed by atoms with E-state index in [1.165, 1.54) is 21.9 Å². The van der Waals surface area contributed by atoms with Crippen LogP contribution in [0.1, 0.15) is 24.0 Å². The lowest BCUT2D eigenvalue weighted by molar-refractivity contribution is -0.145. The number of halogens is 1.